The minimum absolute atomic E-state index is 0.867. The van der Waals surface area contributed by atoms with E-state index in [9.17, 15) is 0 Å². The van der Waals surface area contributed by atoms with Gasteiger partial charge in [-0.3, -0.25) is 0 Å². The predicted octanol–water partition coefficient (Wildman–Crippen LogP) is 16.3. The number of para-hydroxylation sites is 2. The van der Waals surface area contributed by atoms with E-state index in [-0.39, 0.29) is 0 Å². The lowest BCUT2D eigenvalue weighted by Crippen LogP contribution is -2.10. The fourth-order valence-electron chi connectivity index (χ4n) is 8.80. The summed E-state index contributed by atoms with van der Waals surface area (Å²) in [5.41, 5.74) is 13.8. The van der Waals surface area contributed by atoms with Gasteiger partial charge >= 0.3 is 0 Å². The number of fused-ring (bicyclic) bond motifs is 9. The van der Waals surface area contributed by atoms with Crippen molar-refractivity contribution < 1.29 is 8.83 Å². The van der Waals surface area contributed by atoms with E-state index in [0.717, 1.165) is 83.2 Å². The molecule has 0 fully saturated rings. The fourth-order valence-corrected chi connectivity index (χ4v) is 10.1. The standard InChI is InChI=1S/C54H33NO2S/c1-3-13-35(14-4-1)39-18-9-20-41-45-33-37(29-32-49(45)57-52(39)41)34-27-30-38(31-28-34)55(46-23-12-26-50-51(46)44-17-7-8-25-48(44)56-50)47-24-11-22-43-42-21-10-19-40(53(42)58-54(43)47)36-15-5-2-6-16-36/h1-33H. The first kappa shape index (κ1) is 32.8. The Hall–Kier alpha value is -7.40. The van der Waals surface area contributed by atoms with Crippen LogP contribution in [0.15, 0.2) is 209 Å². The lowest BCUT2D eigenvalue weighted by atomic mass is 10.00. The van der Waals surface area contributed by atoms with Crippen molar-refractivity contribution in [3.63, 3.8) is 0 Å². The lowest BCUT2D eigenvalue weighted by molar-refractivity contribution is 0.669. The Kier molecular flexibility index (Phi) is 7.40. The minimum atomic E-state index is 0.867. The van der Waals surface area contributed by atoms with E-state index in [0.29, 0.717) is 0 Å². The van der Waals surface area contributed by atoms with Crippen molar-refractivity contribution in [1.82, 2.24) is 0 Å². The highest BCUT2D eigenvalue weighted by molar-refractivity contribution is 7.27. The van der Waals surface area contributed by atoms with Gasteiger partial charge in [0.1, 0.15) is 22.3 Å². The number of rotatable bonds is 6. The van der Waals surface area contributed by atoms with Gasteiger partial charge in [0.15, 0.2) is 0 Å². The second-order valence-electron chi connectivity index (χ2n) is 14.8. The Labute approximate surface area is 338 Å². The maximum Gasteiger partial charge on any atom is 0.143 e. The highest BCUT2D eigenvalue weighted by atomic mass is 32.1. The molecule has 4 heteroatoms. The van der Waals surface area contributed by atoms with Gasteiger partial charge < -0.3 is 13.7 Å². The highest BCUT2D eigenvalue weighted by Gasteiger charge is 2.23. The van der Waals surface area contributed by atoms with Crippen molar-refractivity contribution in [2.75, 3.05) is 4.90 Å². The van der Waals surface area contributed by atoms with Crippen LogP contribution in [0.25, 0.3) is 97.4 Å². The number of hydrogen-bond donors (Lipinski definition) is 0. The molecule has 12 rings (SSSR count). The third kappa shape index (κ3) is 5.12. The zero-order valence-corrected chi connectivity index (χ0v) is 32.0. The van der Waals surface area contributed by atoms with E-state index in [4.69, 9.17) is 8.83 Å². The van der Waals surface area contributed by atoms with Crippen LogP contribution in [0.1, 0.15) is 0 Å². The third-order valence-corrected chi connectivity index (χ3v) is 12.8. The van der Waals surface area contributed by atoms with Crippen LogP contribution in [0, 0.1) is 0 Å². The normalized spacial score (nSPS) is 11.8. The summed E-state index contributed by atoms with van der Waals surface area (Å²) >= 11 is 1.87. The van der Waals surface area contributed by atoms with Gasteiger partial charge in [-0.25, -0.2) is 0 Å². The van der Waals surface area contributed by atoms with E-state index >= 15 is 0 Å². The first-order chi connectivity index (χ1) is 28.8. The van der Waals surface area contributed by atoms with E-state index < -0.39 is 0 Å². The molecule has 0 radical (unpaired) electrons. The third-order valence-electron chi connectivity index (χ3n) is 11.5. The molecular formula is C54H33NO2S. The maximum absolute atomic E-state index is 6.51. The van der Waals surface area contributed by atoms with E-state index in [2.05, 4.69) is 193 Å². The van der Waals surface area contributed by atoms with E-state index in [1.807, 2.05) is 23.5 Å². The average molecular weight is 760 g/mol. The van der Waals surface area contributed by atoms with Crippen molar-refractivity contribution in [1.29, 1.82) is 0 Å². The summed E-state index contributed by atoms with van der Waals surface area (Å²) in [6.45, 7) is 0. The van der Waals surface area contributed by atoms with Crippen molar-refractivity contribution in [2.45, 2.75) is 0 Å². The van der Waals surface area contributed by atoms with Crippen LogP contribution >= 0.6 is 11.3 Å². The van der Waals surface area contributed by atoms with Gasteiger partial charge in [-0.15, -0.1) is 11.3 Å². The smallest absolute Gasteiger partial charge is 0.143 e. The summed E-state index contributed by atoms with van der Waals surface area (Å²) in [7, 11) is 0. The summed E-state index contributed by atoms with van der Waals surface area (Å²) in [4.78, 5) is 2.42. The maximum atomic E-state index is 6.51. The Bertz CT molecular complexity index is 3500. The van der Waals surface area contributed by atoms with Crippen molar-refractivity contribution in [3.8, 4) is 33.4 Å². The summed E-state index contributed by atoms with van der Waals surface area (Å²) in [6, 6.07) is 71.3. The van der Waals surface area contributed by atoms with Crippen molar-refractivity contribution >= 4 is 92.4 Å². The quantitative estimate of drug-likeness (QED) is 0.169. The van der Waals surface area contributed by atoms with E-state index in [1.54, 1.807) is 0 Å². The van der Waals surface area contributed by atoms with Crippen LogP contribution in [0.2, 0.25) is 0 Å². The van der Waals surface area contributed by atoms with Crippen LogP contribution in [-0.4, -0.2) is 0 Å². The molecule has 0 amide bonds. The van der Waals surface area contributed by atoms with Gasteiger partial charge in [0.25, 0.3) is 0 Å². The molecule has 0 spiro atoms. The van der Waals surface area contributed by atoms with Crippen LogP contribution < -0.4 is 4.90 Å². The molecule has 0 saturated heterocycles. The molecule has 3 aromatic heterocycles. The molecule has 0 aliphatic rings. The molecule has 58 heavy (non-hydrogen) atoms. The molecular weight excluding hydrogens is 727 g/mol. The molecule has 0 aliphatic carbocycles. The van der Waals surface area contributed by atoms with Crippen molar-refractivity contribution in [2.24, 2.45) is 0 Å². The summed E-state index contributed by atoms with van der Waals surface area (Å²) < 4.78 is 15.5. The minimum Gasteiger partial charge on any atom is -0.456 e. The number of hydrogen-bond acceptors (Lipinski definition) is 4. The Morgan fingerprint density at radius 2 is 0.931 bits per heavy atom. The molecule has 9 aromatic carbocycles. The number of anilines is 3. The molecule has 0 saturated carbocycles. The van der Waals surface area contributed by atoms with Crippen LogP contribution in [0.4, 0.5) is 17.1 Å². The summed E-state index contributed by atoms with van der Waals surface area (Å²) in [5.74, 6) is 0. The molecule has 0 aliphatic heterocycles. The number of nitrogens with zero attached hydrogens (tertiary/aromatic N) is 1. The van der Waals surface area contributed by atoms with E-state index in [1.165, 1.54) is 31.3 Å². The SMILES string of the molecule is c1ccc(-c2cccc3c2oc2ccc(-c4ccc(N(c5cccc6c5sc5c(-c7ccccc7)cccc56)c5cccc6oc7ccccc7c56)cc4)cc23)cc1. The molecule has 0 atom stereocenters. The van der Waals surface area contributed by atoms with Gasteiger partial charge in [-0.05, 0) is 76.3 Å². The zero-order valence-electron chi connectivity index (χ0n) is 31.2. The van der Waals surface area contributed by atoms with Gasteiger partial charge in [-0.2, -0.15) is 0 Å². The predicted molar refractivity (Wildman–Crippen MR) is 245 cm³/mol. The topological polar surface area (TPSA) is 29.5 Å². The molecule has 0 bridgehead atoms. The van der Waals surface area contributed by atoms with Gasteiger partial charge in [0, 0.05) is 42.9 Å². The molecule has 272 valence electrons. The Balaban J connectivity index is 1.03. The van der Waals surface area contributed by atoms with Gasteiger partial charge in [-0.1, -0.05) is 152 Å². The number of thiophene rings is 1. The molecule has 0 N–H and O–H groups in total. The second kappa shape index (κ2) is 13.1. The first-order valence-corrected chi connectivity index (χ1v) is 20.4. The van der Waals surface area contributed by atoms with Crippen molar-refractivity contribution in [3.05, 3.63) is 200 Å². The van der Waals surface area contributed by atoms with Crippen LogP contribution in [-0.2, 0) is 0 Å². The Morgan fingerprint density at radius 3 is 1.74 bits per heavy atom. The molecule has 0 unspecified atom stereocenters. The Morgan fingerprint density at radius 1 is 0.345 bits per heavy atom. The highest BCUT2D eigenvalue weighted by Crippen LogP contribution is 2.49. The summed E-state index contributed by atoms with van der Waals surface area (Å²) in [5, 5.41) is 6.94. The molecule has 12 aromatic rings. The lowest BCUT2D eigenvalue weighted by Gasteiger charge is -2.27. The molecule has 3 nitrogen and oxygen atoms in total. The summed E-state index contributed by atoms with van der Waals surface area (Å²) in [6.07, 6.45) is 0. The fraction of sp³-hybridized carbons (Fsp3) is 0. The largest absolute Gasteiger partial charge is 0.456 e. The monoisotopic (exact) mass is 759 g/mol. The van der Waals surface area contributed by atoms with Crippen LogP contribution in [0.3, 0.4) is 0 Å². The average Bonchev–Trinajstić information content (AvgIpc) is 3.99. The second-order valence-corrected chi connectivity index (χ2v) is 15.8. The van der Waals surface area contributed by atoms with Gasteiger partial charge in [0.05, 0.1) is 21.5 Å². The number of benzene rings is 9. The van der Waals surface area contributed by atoms with Gasteiger partial charge in [0.2, 0.25) is 0 Å². The van der Waals surface area contributed by atoms with Crippen LogP contribution in [0.5, 0.6) is 0 Å². The first-order valence-electron chi connectivity index (χ1n) is 19.6. The molecule has 3 heterocycles. The zero-order chi connectivity index (χ0) is 38.2. The number of furan rings is 2.